The molecule has 0 aliphatic carbocycles. The lowest BCUT2D eigenvalue weighted by molar-refractivity contribution is 0.0965. The van der Waals surface area contributed by atoms with Crippen LogP contribution in [0.3, 0.4) is 0 Å². The summed E-state index contributed by atoms with van der Waals surface area (Å²) >= 11 is 11.7. The summed E-state index contributed by atoms with van der Waals surface area (Å²) in [5.41, 5.74) is 3.00. The molecular weight excluding hydrogens is 413 g/mol. The van der Waals surface area contributed by atoms with Crippen molar-refractivity contribution in [3.05, 3.63) is 79.4 Å². The minimum absolute atomic E-state index is 0.0667. The summed E-state index contributed by atoms with van der Waals surface area (Å²) in [6.07, 6.45) is 2.08. The van der Waals surface area contributed by atoms with Gasteiger partial charge in [0.25, 0.3) is 5.56 Å². The number of halogens is 2. The van der Waals surface area contributed by atoms with Crippen molar-refractivity contribution in [1.82, 2.24) is 14.3 Å². The number of methoxy groups -OCH3 is 1. The summed E-state index contributed by atoms with van der Waals surface area (Å²) in [7, 11) is 1.64. The molecule has 29 heavy (non-hydrogen) atoms. The van der Waals surface area contributed by atoms with Crippen molar-refractivity contribution >= 4 is 29.0 Å². The lowest BCUT2D eigenvalue weighted by atomic mass is 10.1. The Morgan fingerprint density at radius 1 is 1.17 bits per heavy atom. The van der Waals surface area contributed by atoms with E-state index < -0.39 is 5.56 Å². The lowest BCUT2D eigenvalue weighted by Crippen LogP contribution is -2.27. The Balaban J connectivity index is 1.76. The second-order valence-corrected chi connectivity index (χ2v) is 7.51. The van der Waals surface area contributed by atoms with Gasteiger partial charge in [0.1, 0.15) is 17.3 Å². The van der Waals surface area contributed by atoms with Gasteiger partial charge in [0.15, 0.2) is 5.78 Å². The molecule has 0 N–H and O–H groups in total. The highest BCUT2D eigenvalue weighted by atomic mass is 35.5. The minimum atomic E-state index is -0.583. The van der Waals surface area contributed by atoms with Crippen LogP contribution in [0.5, 0.6) is 5.75 Å². The van der Waals surface area contributed by atoms with Crippen molar-refractivity contribution in [1.29, 1.82) is 0 Å². The van der Waals surface area contributed by atoms with E-state index in [0.717, 1.165) is 34.8 Å². The number of nitrogens with zero attached hydrogens (tertiary/aromatic N) is 3. The number of ether oxygens (including phenoxy) is 1. The molecule has 0 bridgehead atoms. The fourth-order valence-electron chi connectivity index (χ4n) is 3.24. The van der Waals surface area contributed by atoms with Crippen molar-refractivity contribution < 1.29 is 9.53 Å². The second kappa shape index (κ2) is 8.84. The highest BCUT2D eigenvalue weighted by Crippen LogP contribution is 2.19. The van der Waals surface area contributed by atoms with Gasteiger partial charge in [-0.3, -0.25) is 9.59 Å². The number of ketones is 1. The van der Waals surface area contributed by atoms with E-state index in [1.54, 1.807) is 7.11 Å². The van der Waals surface area contributed by atoms with Gasteiger partial charge in [0.05, 0.1) is 18.3 Å². The van der Waals surface area contributed by atoms with Crippen LogP contribution in [-0.2, 0) is 19.5 Å². The van der Waals surface area contributed by atoms with Gasteiger partial charge in [-0.2, -0.15) is 5.10 Å². The molecule has 0 fully saturated rings. The summed E-state index contributed by atoms with van der Waals surface area (Å²) in [5.74, 6) is 0.614. The molecule has 3 rings (SSSR count). The van der Waals surface area contributed by atoms with E-state index >= 15 is 0 Å². The number of rotatable bonds is 7. The number of Topliss-reactive ketones (excluding diaryl/α,β-unsaturated/α-hetero) is 1. The zero-order valence-corrected chi connectivity index (χ0v) is 17.9. The lowest BCUT2D eigenvalue weighted by Gasteiger charge is -2.10. The maximum absolute atomic E-state index is 12.8. The standard InChI is InChI=1S/C21H21Cl2N3O3/c1-13-10-17(19(27)12-26-21(28)20(23)18(22)11-24-26)14(2)25(13)9-8-15-4-6-16(29-3)7-5-15/h4-7,10-11H,8-9,12H2,1-3H3. The van der Waals surface area contributed by atoms with Crippen molar-refractivity contribution in [3.63, 3.8) is 0 Å². The maximum atomic E-state index is 12.8. The Hall–Kier alpha value is -2.57. The zero-order chi connectivity index (χ0) is 21.1. The van der Waals surface area contributed by atoms with E-state index in [9.17, 15) is 9.59 Å². The molecule has 0 saturated heterocycles. The van der Waals surface area contributed by atoms with Gasteiger partial charge in [0, 0.05) is 23.5 Å². The number of hydrogen-bond donors (Lipinski definition) is 0. The van der Waals surface area contributed by atoms with Crippen LogP contribution in [-0.4, -0.2) is 27.2 Å². The first-order valence-electron chi connectivity index (χ1n) is 9.05. The summed E-state index contributed by atoms with van der Waals surface area (Å²) in [6, 6.07) is 9.76. The van der Waals surface area contributed by atoms with Crippen molar-refractivity contribution in [2.24, 2.45) is 0 Å². The number of carbonyl (C=O) groups is 1. The third-order valence-corrected chi connectivity index (χ3v) is 5.64. The van der Waals surface area contributed by atoms with Crippen molar-refractivity contribution in [3.8, 4) is 5.75 Å². The smallest absolute Gasteiger partial charge is 0.287 e. The van der Waals surface area contributed by atoms with Crippen LogP contribution in [0, 0.1) is 13.8 Å². The molecule has 0 unspecified atom stereocenters. The summed E-state index contributed by atoms with van der Waals surface area (Å²) < 4.78 is 8.31. The molecule has 152 valence electrons. The topological polar surface area (TPSA) is 66.1 Å². The molecule has 8 heteroatoms. The predicted octanol–water partition coefficient (Wildman–Crippen LogP) is 4.10. The summed E-state index contributed by atoms with van der Waals surface area (Å²) in [6.45, 7) is 4.40. The van der Waals surface area contributed by atoms with Crippen LogP contribution >= 0.6 is 23.2 Å². The molecule has 2 aromatic heterocycles. The van der Waals surface area contributed by atoms with Crippen LogP contribution in [0.2, 0.25) is 10.0 Å². The Bertz CT molecular complexity index is 1100. The quantitative estimate of drug-likeness (QED) is 0.526. The minimum Gasteiger partial charge on any atom is -0.497 e. The van der Waals surface area contributed by atoms with Crippen molar-refractivity contribution in [2.75, 3.05) is 7.11 Å². The first-order chi connectivity index (χ1) is 13.8. The second-order valence-electron chi connectivity index (χ2n) is 6.73. The van der Waals surface area contributed by atoms with E-state index in [1.165, 1.54) is 11.8 Å². The zero-order valence-electron chi connectivity index (χ0n) is 16.4. The first kappa shape index (κ1) is 21.1. The third kappa shape index (κ3) is 4.54. The predicted molar refractivity (Wildman–Crippen MR) is 113 cm³/mol. The number of hydrogen-bond acceptors (Lipinski definition) is 4. The van der Waals surface area contributed by atoms with E-state index in [2.05, 4.69) is 9.67 Å². The molecule has 0 aliphatic heterocycles. The molecule has 0 amide bonds. The fourth-order valence-corrected chi connectivity index (χ4v) is 3.51. The summed E-state index contributed by atoms with van der Waals surface area (Å²) in [5, 5.41) is 3.83. The normalized spacial score (nSPS) is 10.9. The average Bonchev–Trinajstić information content (AvgIpc) is 3.01. The maximum Gasteiger partial charge on any atom is 0.287 e. The SMILES string of the molecule is COc1ccc(CCn2c(C)cc(C(=O)Cn3ncc(Cl)c(Cl)c3=O)c2C)cc1. The van der Waals surface area contributed by atoms with Gasteiger partial charge in [-0.05, 0) is 44.0 Å². The van der Waals surface area contributed by atoms with E-state index in [0.29, 0.717) is 5.56 Å². The summed E-state index contributed by atoms with van der Waals surface area (Å²) in [4.78, 5) is 24.9. The Morgan fingerprint density at radius 3 is 2.52 bits per heavy atom. The van der Waals surface area contributed by atoms with Gasteiger partial charge < -0.3 is 9.30 Å². The first-order valence-corrected chi connectivity index (χ1v) is 9.81. The molecular formula is C21H21Cl2N3O3. The van der Waals surface area contributed by atoms with E-state index in [-0.39, 0.29) is 22.4 Å². The Labute approximate surface area is 178 Å². The molecule has 0 radical (unpaired) electrons. The molecule has 0 saturated carbocycles. The fraction of sp³-hybridized carbons (Fsp3) is 0.286. The van der Waals surface area contributed by atoms with Gasteiger partial charge in [-0.25, -0.2) is 4.68 Å². The molecule has 0 spiro atoms. The van der Waals surface area contributed by atoms with Gasteiger partial charge in [-0.1, -0.05) is 35.3 Å². The molecule has 0 atom stereocenters. The number of aromatic nitrogens is 3. The highest BCUT2D eigenvalue weighted by Gasteiger charge is 2.18. The van der Waals surface area contributed by atoms with Gasteiger partial charge in [0.2, 0.25) is 0 Å². The average molecular weight is 434 g/mol. The van der Waals surface area contributed by atoms with Crippen LogP contribution in [0.25, 0.3) is 0 Å². The molecule has 3 aromatic rings. The van der Waals surface area contributed by atoms with E-state index in [1.807, 2.05) is 44.2 Å². The van der Waals surface area contributed by atoms with Gasteiger partial charge >= 0.3 is 0 Å². The number of aryl methyl sites for hydroxylation is 2. The van der Waals surface area contributed by atoms with Gasteiger partial charge in [-0.15, -0.1) is 0 Å². The molecule has 6 nitrogen and oxygen atoms in total. The monoisotopic (exact) mass is 433 g/mol. The largest absolute Gasteiger partial charge is 0.497 e. The Kier molecular flexibility index (Phi) is 6.45. The van der Waals surface area contributed by atoms with Crippen LogP contribution in [0.15, 0.2) is 41.3 Å². The highest BCUT2D eigenvalue weighted by molar-refractivity contribution is 6.41. The number of benzene rings is 1. The molecule has 2 heterocycles. The number of carbonyl (C=O) groups excluding carboxylic acids is 1. The van der Waals surface area contributed by atoms with E-state index in [4.69, 9.17) is 27.9 Å². The molecule has 1 aromatic carbocycles. The van der Waals surface area contributed by atoms with Crippen LogP contribution < -0.4 is 10.3 Å². The Morgan fingerprint density at radius 2 is 1.86 bits per heavy atom. The van der Waals surface area contributed by atoms with Crippen molar-refractivity contribution in [2.45, 2.75) is 33.4 Å². The van der Waals surface area contributed by atoms with Crippen LogP contribution in [0.4, 0.5) is 0 Å². The van der Waals surface area contributed by atoms with Crippen LogP contribution in [0.1, 0.15) is 27.3 Å². The molecule has 0 aliphatic rings. The third-order valence-electron chi connectivity index (χ3n) is 4.89.